The molecule has 1 aliphatic rings. The molecule has 0 aromatic heterocycles. The number of rotatable bonds is 6. The Labute approximate surface area is 149 Å². The summed E-state index contributed by atoms with van der Waals surface area (Å²) in [4.78, 5) is 24.6. The molecule has 5 nitrogen and oxygen atoms in total. The molecule has 0 heterocycles. The number of ether oxygens (including phenoxy) is 1. The van der Waals surface area contributed by atoms with Crippen molar-refractivity contribution in [2.75, 3.05) is 7.11 Å². The van der Waals surface area contributed by atoms with Gasteiger partial charge in [0.05, 0.1) is 13.0 Å². The Balaban J connectivity index is 2.08. The molecule has 138 valence electrons. The highest BCUT2D eigenvalue weighted by molar-refractivity contribution is 5.90. The van der Waals surface area contributed by atoms with Crippen LogP contribution < -0.4 is 10.1 Å². The lowest BCUT2D eigenvalue weighted by Gasteiger charge is -2.39. The highest BCUT2D eigenvalue weighted by Crippen LogP contribution is 2.36. The molecule has 0 bridgehead atoms. The first-order valence-corrected chi connectivity index (χ1v) is 8.98. The van der Waals surface area contributed by atoms with Crippen molar-refractivity contribution in [3.8, 4) is 5.75 Å². The van der Waals surface area contributed by atoms with Crippen LogP contribution in [0, 0.1) is 11.8 Å². The van der Waals surface area contributed by atoms with Crippen molar-refractivity contribution in [3.05, 3.63) is 29.8 Å². The molecule has 0 saturated heterocycles. The first-order valence-electron chi connectivity index (χ1n) is 8.98. The zero-order chi connectivity index (χ0) is 18.6. The SMILES string of the molecule is COc1ccc(C(C)C(=O)NC2(C(=O)O)CCC(C(C)C)CC2)cc1. The minimum atomic E-state index is -1.14. The number of carboxylic acid groups (broad SMARTS) is 1. The summed E-state index contributed by atoms with van der Waals surface area (Å²) in [6.07, 6.45) is 2.65. The van der Waals surface area contributed by atoms with Gasteiger partial charge >= 0.3 is 5.97 Å². The summed E-state index contributed by atoms with van der Waals surface area (Å²) < 4.78 is 5.13. The summed E-state index contributed by atoms with van der Waals surface area (Å²) in [5.41, 5.74) is -0.293. The first-order chi connectivity index (χ1) is 11.8. The van der Waals surface area contributed by atoms with Crippen LogP contribution in [0.5, 0.6) is 5.75 Å². The Bertz CT molecular complexity index is 601. The normalized spacial score (nSPS) is 24.6. The van der Waals surface area contributed by atoms with E-state index in [1.165, 1.54) is 0 Å². The highest BCUT2D eigenvalue weighted by atomic mass is 16.5. The largest absolute Gasteiger partial charge is 0.497 e. The lowest BCUT2D eigenvalue weighted by Crippen LogP contribution is -2.57. The molecule has 2 N–H and O–H groups in total. The Kier molecular flexibility index (Phi) is 6.09. The number of amides is 1. The van der Waals surface area contributed by atoms with Crippen LogP contribution in [0.4, 0.5) is 0 Å². The lowest BCUT2D eigenvalue weighted by molar-refractivity contribution is -0.150. The van der Waals surface area contributed by atoms with Crippen LogP contribution in [-0.2, 0) is 9.59 Å². The zero-order valence-corrected chi connectivity index (χ0v) is 15.5. The second-order valence-electron chi connectivity index (χ2n) is 7.45. The maximum atomic E-state index is 12.7. The van der Waals surface area contributed by atoms with Crippen molar-refractivity contribution >= 4 is 11.9 Å². The van der Waals surface area contributed by atoms with Gasteiger partial charge in [-0.25, -0.2) is 4.79 Å². The fourth-order valence-corrected chi connectivity index (χ4v) is 3.58. The van der Waals surface area contributed by atoms with Gasteiger partial charge in [0.1, 0.15) is 11.3 Å². The Hall–Kier alpha value is -2.04. The van der Waals surface area contributed by atoms with Gasteiger partial charge in [0.15, 0.2) is 0 Å². The Morgan fingerprint density at radius 3 is 2.16 bits per heavy atom. The summed E-state index contributed by atoms with van der Waals surface area (Å²) in [6.45, 7) is 6.14. The van der Waals surface area contributed by atoms with E-state index < -0.39 is 17.4 Å². The number of carboxylic acids is 1. The molecule has 1 aromatic carbocycles. The fourth-order valence-electron chi connectivity index (χ4n) is 3.58. The van der Waals surface area contributed by atoms with Gasteiger partial charge in [-0.05, 0) is 62.1 Å². The fraction of sp³-hybridized carbons (Fsp3) is 0.600. The molecule has 0 radical (unpaired) electrons. The second kappa shape index (κ2) is 7.89. The van der Waals surface area contributed by atoms with Gasteiger partial charge in [0, 0.05) is 0 Å². The summed E-state index contributed by atoms with van der Waals surface area (Å²) in [6, 6.07) is 7.29. The van der Waals surface area contributed by atoms with Crippen molar-refractivity contribution < 1.29 is 19.4 Å². The van der Waals surface area contributed by atoms with E-state index in [4.69, 9.17) is 4.74 Å². The third kappa shape index (κ3) is 4.33. The number of hydrogen-bond acceptors (Lipinski definition) is 3. The quantitative estimate of drug-likeness (QED) is 0.825. The molecule has 25 heavy (non-hydrogen) atoms. The van der Waals surface area contributed by atoms with Gasteiger partial charge in [0.25, 0.3) is 0 Å². The number of benzene rings is 1. The molecular formula is C20H29NO4. The molecule has 1 unspecified atom stereocenters. The summed E-state index contributed by atoms with van der Waals surface area (Å²) >= 11 is 0. The smallest absolute Gasteiger partial charge is 0.329 e. The van der Waals surface area contributed by atoms with E-state index >= 15 is 0 Å². The third-order valence-corrected chi connectivity index (χ3v) is 5.61. The molecule has 0 aliphatic heterocycles. The standard InChI is InChI=1S/C20H29NO4/c1-13(2)15-9-11-20(12-10-15,19(23)24)21-18(22)14(3)16-5-7-17(25-4)8-6-16/h5-8,13-15H,9-12H2,1-4H3,(H,21,22)(H,23,24). The molecule has 1 aromatic rings. The average molecular weight is 347 g/mol. The van der Waals surface area contributed by atoms with E-state index in [0.717, 1.165) is 24.2 Å². The average Bonchev–Trinajstić information content (AvgIpc) is 2.61. The maximum Gasteiger partial charge on any atom is 0.329 e. The summed E-state index contributed by atoms with van der Waals surface area (Å²) in [7, 11) is 1.59. The minimum Gasteiger partial charge on any atom is -0.497 e. The molecule has 5 heteroatoms. The van der Waals surface area contributed by atoms with Gasteiger partial charge in [-0.1, -0.05) is 26.0 Å². The predicted octanol–water partition coefficient (Wildman–Crippen LogP) is 3.58. The van der Waals surface area contributed by atoms with Crippen LogP contribution in [0.1, 0.15) is 57.9 Å². The van der Waals surface area contributed by atoms with Crippen molar-refractivity contribution in [2.24, 2.45) is 11.8 Å². The van der Waals surface area contributed by atoms with Crippen LogP contribution in [0.15, 0.2) is 24.3 Å². The lowest BCUT2D eigenvalue weighted by atomic mass is 9.72. The molecule has 0 spiro atoms. The van der Waals surface area contributed by atoms with E-state index in [0.29, 0.717) is 24.7 Å². The molecular weight excluding hydrogens is 318 g/mol. The van der Waals surface area contributed by atoms with Crippen LogP contribution in [0.2, 0.25) is 0 Å². The second-order valence-corrected chi connectivity index (χ2v) is 7.45. The molecule has 1 amide bonds. The molecule has 1 atom stereocenters. The number of nitrogens with one attached hydrogen (secondary N) is 1. The van der Waals surface area contributed by atoms with Crippen molar-refractivity contribution in [1.82, 2.24) is 5.32 Å². The molecule has 1 saturated carbocycles. The van der Waals surface area contributed by atoms with Crippen molar-refractivity contribution in [1.29, 1.82) is 0 Å². The van der Waals surface area contributed by atoms with E-state index in [1.54, 1.807) is 26.2 Å². The van der Waals surface area contributed by atoms with Gasteiger partial charge in [-0.3, -0.25) is 4.79 Å². The van der Waals surface area contributed by atoms with Crippen molar-refractivity contribution in [3.63, 3.8) is 0 Å². The highest BCUT2D eigenvalue weighted by Gasteiger charge is 2.44. The third-order valence-electron chi connectivity index (χ3n) is 5.61. The molecule has 2 rings (SSSR count). The monoisotopic (exact) mass is 347 g/mol. The maximum absolute atomic E-state index is 12.7. The zero-order valence-electron chi connectivity index (χ0n) is 15.5. The van der Waals surface area contributed by atoms with Gasteiger partial charge < -0.3 is 15.2 Å². The van der Waals surface area contributed by atoms with Crippen LogP contribution >= 0.6 is 0 Å². The Morgan fingerprint density at radius 2 is 1.72 bits per heavy atom. The van der Waals surface area contributed by atoms with Crippen LogP contribution in [0.25, 0.3) is 0 Å². The number of aliphatic carboxylic acids is 1. The number of carbonyl (C=O) groups is 2. The summed E-state index contributed by atoms with van der Waals surface area (Å²) in [5, 5.41) is 12.6. The topological polar surface area (TPSA) is 75.6 Å². The molecule has 1 fully saturated rings. The van der Waals surface area contributed by atoms with Gasteiger partial charge in [-0.2, -0.15) is 0 Å². The van der Waals surface area contributed by atoms with E-state index in [1.807, 2.05) is 12.1 Å². The van der Waals surface area contributed by atoms with Crippen LogP contribution in [-0.4, -0.2) is 29.6 Å². The van der Waals surface area contributed by atoms with E-state index in [9.17, 15) is 14.7 Å². The number of methoxy groups -OCH3 is 1. The van der Waals surface area contributed by atoms with E-state index in [-0.39, 0.29) is 5.91 Å². The molecule has 1 aliphatic carbocycles. The van der Waals surface area contributed by atoms with Crippen LogP contribution in [0.3, 0.4) is 0 Å². The minimum absolute atomic E-state index is 0.240. The van der Waals surface area contributed by atoms with Gasteiger partial charge in [-0.15, -0.1) is 0 Å². The van der Waals surface area contributed by atoms with E-state index in [2.05, 4.69) is 19.2 Å². The van der Waals surface area contributed by atoms with Crippen molar-refractivity contribution in [2.45, 2.75) is 57.9 Å². The number of carbonyl (C=O) groups excluding carboxylic acids is 1. The predicted molar refractivity (Wildman–Crippen MR) is 96.7 cm³/mol. The number of hydrogen-bond donors (Lipinski definition) is 2. The Morgan fingerprint density at radius 1 is 1.16 bits per heavy atom. The van der Waals surface area contributed by atoms with Gasteiger partial charge in [0.2, 0.25) is 5.91 Å². The summed E-state index contributed by atoms with van der Waals surface area (Å²) in [5.74, 6) is 0.222. The first kappa shape index (κ1) is 19.3.